The molecule has 0 unspecified atom stereocenters. The Hall–Kier alpha value is -0.590. The normalized spacial score (nSPS) is 54.9. The predicted octanol–water partition coefficient (Wildman–Crippen LogP) is 3.95. The summed E-state index contributed by atoms with van der Waals surface area (Å²) in [4.78, 5) is 0. The van der Waals surface area contributed by atoms with Crippen molar-refractivity contribution in [2.45, 2.75) is 76.4 Å². The molecule has 0 saturated heterocycles. The first-order valence-corrected chi connectivity index (χ1v) is 10.4. The van der Waals surface area contributed by atoms with Crippen molar-refractivity contribution in [1.82, 2.24) is 0 Å². The van der Waals surface area contributed by atoms with E-state index in [0.29, 0.717) is 48.3 Å². The standard InChI is InChI=1S/C22H33FO2/c1-3-22(25)10-8-19-18-6-4-14-12-16(24)5-7-17(14)20(18)15(9-11-23)13-21(19,22)2/h1,14-20,24-25H,4-13H2,2H3/t14-,15-,16-,17-,18-,19-,20+,21-,22+/m0/s1. The molecular formula is C22H33FO2. The molecule has 4 aliphatic carbocycles. The molecule has 0 bridgehead atoms. The van der Waals surface area contributed by atoms with Crippen LogP contribution in [0, 0.1) is 53.3 Å². The van der Waals surface area contributed by atoms with E-state index in [4.69, 9.17) is 6.42 Å². The average Bonchev–Trinajstić information content (AvgIpc) is 2.86. The highest BCUT2D eigenvalue weighted by Gasteiger charge is 2.64. The van der Waals surface area contributed by atoms with Crippen molar-refractivity contribution in [2.24, 2.45) is 40.9 Å². The highest BCUT2D eigenvalue weighted by atomic mass is 19.1. The Morgan fingerprint density at radius 3 is 2.64 bits per heavy atom. The smallest absolute Gasteiger partial charge is 0.130 e. The molecule has 0 aromatic rings. The fourth-order valence-electron chi connectivity index (χ4n) is 7.82. The van der Waals surface area contributed by atoms with Crippen LogP contribution in [-0.4, -0.2) is 28.6 Å². The summed E-state index contributed by atoms with van der Waals surface area (Å²) < 4.78 is 13.4. The highest BCUT2D eigenvalue weighted by molar-refractivity contribution is 5.23. The Morgan fingerprint density at radius 2 is 1.92 bits per heavy atom. The Bertz CT molecular complexity index is 557. The monoisotopic (exact) mass is 348 g/mol. The van der Waals surface area contributed by atoms with Crippen LogP contribution in [0.25, 0.3) is 0 Å². The third-order valence-corrected chi connectivity index (χ3v) is 8.92. The maximum atomic E-state index is 13.4. The Morgan fingerprint density at radius 1 is 1.16 bits per heavy atom. The molecule has 0 heterocycles. The van der Waals surface area contributed by atoms with E-state index in [1.54, 1.807) is 0 Å². The van der Waals surface area contributed by atoms with Crippen LogP contribution in [0.1, 0.15) is 64.7 Å². The fraction of sp³-hybridized carbons (Fsp3) is 0.909. The first kappa shape index (κ1) is 17.8. The number of hydrogen-bond donors (Lipinski definition) is 2. The van der Waals surface area contributed by atoms with E-state index in [9.17, 15) is 14.6 Å². The largest absolute Gasteiger partial charge is 0.393 e. The zero-order valence-electron chi connectivity index (χ0n) is 15.5. The van der Waals surface area contributed by atoms with E-state index >= 15 is 0 Å². The van der Waals surface area contributed by atoms with Gasteiger partial charge in [0.2, 0.25) is 0 Å². The summed E-state index contributed by atoms with van der Waals surface area (Å²) in [6, 6.07) is 0. The lowest BCUT2D eigenvalue weighted by Gasteiger charge is -2.59. The molecule has 4 rings (SSSR count). The van der Waals surface area contributed by atoms with Crippen molar-refractivity contribution in [3.63, 3.8) is 0 Å². The van der Waals surface area contributed by atoms with Gasteiger partial charge in [0.15, 0.2) is 0 Å². The van der Waals surface area contributed by atoms with Crippen LogP contribution in [0.5, 0.6) is 0 Å². The number of alkyl halides is 1. The Labute approximate surface area is 151 Å². The van der Waals surface area contributed by atoms with Gasteiger partial charge < -0.3 is 10.2 Å². The maximum Gasteiger partial charge on any atom is 0.130 e. The average molecular weight is 349 g/mol. The van der Waals surface area contributed by atoms with Crippen LogP contribution in [-0.2, 0) is 0 Å². The first-order valence-electron chi connectivity index (χ1n) is 10.4. The number of aliphatic hydroxyl groups is 2. The fourth-order valence-corrected chi connectivity index (χ4v) is 7.82. The van der Waals surface area contributed by atoms with Crippen LogP contribution in [0.15, 0.2) is 0 Å². The van der Waals surface area contributed by atoms with Gasteiger partial charge in [-0.15, -0.1) is 6.42 Å². The maximum absolute atomic E-state index is 13.4. The molecule has 0 aromatic heterocycles. The molecular weight excluding hydrogens is 315 g/mol. The summed E-state index contributed by atoms with van der Waals surface area (Å²) in [7, 11) is 0. The first-order chi connectivity index (χ1) is 11.9. The van der Waals surface area contributed by atoms with Crippen molar-refractivity contribution in [3.8, 4) is 12.3 Å². The molecule has 2 N–H and O–H groups in total. The molecule has 25 heavy (non-hydrogen) atoms. The molecule has 2 nitrogen and oxygen atoms in total. The topological polar surface area (TPSA) is 40.5 Å². The minimum absolute atomic E-state index is 0.135. The van der Waals surface area contributed by atoms with Crippen LogP contribution in [0.3, 0.4) is 0 Å². The van der Waals surface area contributed by atoms with E-state index in [1.807, 2.05) is 0 Å². The van der Waals surface area contributed by atoms with Gasteiger partial charge in [0.1, 0.15) is 5.60 Å². The summed E-state index contributed by atoms with van der Waals surface area (Å²) in [6.45, 7) is 1.91. The van der Waals surface area contributed by atoms with Gasteiger partial charge in [-0.05, 0) is 93.3 Å². The van der Waals surface area contributed by atoms with E-state index in [1.165, 1.54) is 12.8 Å². The van der Waals surface area contributed by atoms with Gasteiger partial charge in [0.05, 0.1) is 12.8 Å². The molecule has 140 valence electrons. The van der Waals surface area contributed by atoms with Gasteiger partial charge in [-0.25, -0.2) is 0 Å². The summed E-state index contributed by atoms with van der Waals surface area (Å²) >= 11 is 0. The summed E-state index contributed by atoms with van der Waals surface area (Å²) in [6.07, 6.45) is 14.1. The van der Waals surface area contributed by atoms with Gasteiger partial charge in [0.25, 0.3) is 0 Å². The van der Waals surface area contributed by atoms with Crippen LogP contribution >= 0.6 is 0 Å². The number of fused-ring (bicyclic) bond motifs is 5. The van der Waals surface area contributed by atoms with Gasteiger partial charge >= 0.3 is 0 Å². The molecule has 9 atom stereocenters. The SMILES string of the molecule is C#C[C@@]1(O)CC[C@H]2[C@@H]3CC[C@H]4C[C@@H](O)CC[C@@H]4[C@H]3[C@@H](CCF)C[C@@]21C. The highest BCUT2D eigenvalue weighted by Crippen LogP contribution is 2.67. The molecule has 0 amide bonds. The van der Waals surface area contributed by atoms with Gasteiger partial charge in [-0.3, -0.25) is 4.39 Å². The van der Waals surface area contributed by atoms with Crippen LogP contribution < -0.4 is 0 Å². The zero-order chi connectivity index (χ0) is 17.8. The van der Waals surface area contributed by atoms with Gasteiger partial charge in [-0.1, -0.05) is 12.8 Å². The Balaban J connectivity index is 1.68. The lowest BCUT2D eigenvalue weighted by Crippen LogP contribution is -2.56. The van der Waals surface area contributed by atoms with Crippen LogP contribution in [0.4, 0.5) is 4.39 Å². The number of halogens is 1. The summed E-state index contributed by atoms with van der Waals surface area (Å²) in [5.74, 6) is 5.94. The summed E-state index contributed by atoms with van der Waals surface area (Å²) in [5, 5.41) is 21.2. The molecule has 0 radical (unpaired) electrons. The van der Waals surface area contributed by atoms with E-state index < -0.39 is 5.60 Å². The minimum atomic E-state index is -1.02. The number of hydrogen-bond acceptors (Lipinski definition) is 2. The van der Waals surface area contributed by atoms with Crippen molar-refractivity contribution in [3.05, 3.63) is 0 Å². The van der Waals surface area contributed by atoms with Crippen LogP contribution in [0.2, 0.25) is 0 Å². The van der Waals surface area contributed by atoms with Crippen molar-refractivity contribution in [1.29, 1.82) is 0 Å². The third-order valence-electron chi connectivity index (χ3n) is 8.92. The number of rotatable bonds is 2. The lowest BCUT2D eigenvalue weighted by molar-refractivity contribution is -0.139. The Kier molecular flexibility index (Phi) is 4.44. The summed E-state index contributed by atoms with van der Waals surface area (Å²) in [5.41, 5.74) is -1.28. The number of terminal acetylenes is 1. The van der Waals surface area contributed by atoms with E-state index in [2.05, 4.69) is 12.8 Å². The lowest BCUT2D eigenvalue weighted by atomic mass is 9.46. The molecule has 0 aromatic carbocycles. The quantitative estimate of drug-likeness (QED) is 0.742. The van der Waals surface area contributed by atoms with Crippen molar-refractivity contribution in [2.75, 3.05) is 6.67 Å². The van der Waals surface area contributed by atoms with Gasteiger partial charge in [-0.2, -0.15) is 0 Å². The molecule has 3 heteroatoms. The third kappa shape index (κ3) is 2.51. The van der Waals surface area contributed by atoms with E-state index in [-0.39, 0.29) is 18.2 Å². The molecule has 4 aliphatic rings. The zero-order valence-corrected chi connectivity index (χ0v) is 15.5. The molecule has 0 spiro atoms. The van der Waals surface area contributed by atoms with Gasteiger partial charge in [0, 0.05) is 5.41 Å². The van der Waals surface area contributed by atoms with Crippen molar-refractivity contribution < 1.29 is 14.6 Å². The number of aliphatic hydroxyl groups excluding tert-OH is 1. The molecule has 4 saturated carbocycles. The predicted molar refractivity (Wildman–Crippen MR) is 96.4 cm³/mol. The second-order valence-electron chi connectivity index (χ2n) is 9.72. The second kappa shape index (κ2) is 6.24. The molecule has 4 fully saturated rings. The van der Waals surface area contributed by atoms with E-state index in [0.717, 1.165) is 32.1 Å². The second-order valence-corrected chi connectivity index (χ2v) is 9.72. The minimum Gasteiger partial charge on any atom is -0.393 e. The molecule has 0 aliphatic heterocycles. The van der Waals surface area contributed by atoms with Crippen molar-refractivity contribution >= 4 is 0 Å².